The lowest BCUT2D eigenvalue weighted by atomic mass is 9.98. The van der Waals surface area contributed by atoms with E-state index in [1.54, 1.807) is 36.5 Å². The van der Waals surface area contributed by atoms with Gasteiger partial charge in [-0.1, -0.05) is 23.7 Å². The summed E-state index contributed by atoms with van der Waals surface area (Å²) in [6.07, 6.45) is 5.51. The summed E-state index contributed by atoms with van der Waals surface area (Å²) in [7, 11) is 0. The van der Waals surface area contributed by atoms with Gasteiger partial charge in [0.25, 0.3) is 5.91 Å². The van der Waals surface area contributed by atoms with Crippen LogP contribution in [-0.2, 0) is 12.8 Å². The summed E-state index contributed by atoms with van der Waals surface area (Å²) < 4.78 is 11.2. The van der Waals surface area contributed by atoms with Crippen LogP contribution in [0.2, 0.25) is 5.02 Å². The number of nitrogens with one attached hydrogen (secondary N) is 1. The number of carbonyl (C=O) groups is 1. The van der Waals surface area contributed by atoms with Gasteiger partial charge in [-0.25, -0.2) is 9.97 Å². The van der Waals surface area contributed by atoms with Crippen molar-refractivity contribution in [3.8, 4) is 33.8 Å². The number of anilines is 2. The van der Waals surface area contributed by atoms with Crippen molar-refractivity contribution in [2.75, 3.05) is 24.3 Å². The van der Waals surface area contributed by atoms with E-state index in [1.807, 2.05) is 24.4 Å². The number of nitrogen functional groups attached to an aromatic ring is 1. The van der Waals surface area contributed by atoms with E-state index in [0.29, 0.717) is 22.2 Å². The highest BCUT2D eigenvalue weighted by Crippen LogP contribution is 2.35. The molecule has 3 aromatic carbocycles. The van der Waals surface area contributed by atoms with Gasteiger partial charge in [-0.05, 0) is 108 Å². The molecule has 8 heteroatoms. The van der Waals surface area contributed by atoms with E-state index in [9.17, 15) is 4.79 Å². The number of ether oxygens (including phenoxy) is 2. The summed E-state index contributed by atoms with van der Waals surface area (Å²) >= 11 is 6.06. The summed E-state index contributed by atoms with van der Waals surface area (Å²) in [6, 6.07) is 23.1. The van der Waals surface area contributed by atoms with Crippen LogP contribution in [0.3, 0.4) is 0 Å². The molecule has 0 unspecified atom stereocenters. The van der Waals surface area contributed by atoms with E-state index < -0.39 is 0 Å². The Morgan fingerprint density at radius 3 is 1.91 bits per heavy atom. The molecule has 0 atom stereocenters. The quantitative estimate of drug-likeness (QED) is 0.225. The van der Waals surface area contributed by atoms with Crippen LogP contribution in [0.25, 0.3) is 22.3 Å². The van der Waals surface area contributed by atoms with Gasteiger partial charge in [0.05, 0.1) is 23.8 Å². The van der Waals surface area contributed by atoms with E-state index in [2.05, 4.69) is 53.4 Å². The third kappa shape index (κ3) is 6.17. The molecule has 2 aliphatic rings. The van der Waals surface area contributed by atoms with Gasteiger partial charge in [-0.3, -0.25) is 4.79 Å². The van der Waals surface area contributed by atoms with Crippen molar-refractivity contribution in [3.63, 3.8) is 0 Å². The molecule has 0 radical (unpaired) electrons. The molecule has 3 N–H and O–H groups in total. The van der Waals surface area contributed by atoms with Crippen LogP contribution in [0.5, 0.6) is 11.5 Å². The minimum atomic E-state index is -0.276. The summed E-state index contributed by atoms with van der Waals surface area (Å²) in [5.74, 6) is 2.76. The molecule has 0 spiro atoms. The van der Waals surface area contributed by atoms with Crippen LogP contribution in [0.1, 0.15) is 32.6 Å². The average molecular weight is 591 g/mol. The van der Waals surface area contributed by atoms with E-state index >= 15 is 0 Å². The van der Waals surface area contributed by atoms with Crippen LogP contribution in [-0.4, -0.2) is 29.1 Å². The maximum absolute atomic E-state index is 12.3. The van der Waals surface area contributed by atoms with E-state index in [-0.39, 0.29) is 5.91 Å². The molecule has 1 amide bonds. The molecule has 216 valence electrons. The first-order valence-electron chi connectivity index (χ1n) is 14.1. The number of hydrogen-bond donors (Lipinski definition) is 2. The maximum atomic E-state index is 12.3. The molecular formula is C35H31ClN4O3. The monoisotopic (exact) mass is 590 g/mol. The highest BCUT2D eigenvalue weighted by molar-refractivity contribution is 6.34. The number of aryl methyl sites for hydroxylation is 2. The normalized spacial score (nSPS) is 12.7. The van der Waals surface area contributed by atoms with Crippen LogP contribution in [0, 0.1) is 13.8 Å². The third-order valence-electron chi connectivity index (χ3n) is 7.60. The molecule has 2 aliphatic heterocycles. The Labute approximate surface area is 255 Å². The second kappa shape index (κ2) is 12.2. The molecule has 0 saturated heterocycles. The Morgan fingerprint density at radius 1 is 0.791 bits per heavy atom. The summed E-state index contributed by atoms with van der Waals surface area (Å²) in [4.78, 5) is 20.8. The molecule has 0 saturated carbocycles. The summed E-state index contributed by atoms with van der Waals surface area (Å²) in [5.41, 5.74) is 15.3. The minimum absolute atomic E-state index is 0.276. The van der Waals surface area contributed by atoms with Crippen molar-refractivity contribution in [2.45, 2.75) is 26.7 Å². The molecule has 7 nitrogen and oxygen atoms in total. The number of pyridine rings is 2. The van der Waals surface area contributed by atoms with Crippen molar-refractivity contribution >= 4 is 29.1 Å². The van der Waals surface area contributed by atoms with Gasteiger partial charge in [0.15, 0.2) is 0 Å². The molecule has 4 heterocycles. The first-order valence-corrected chi connectivity index (χ1v) is 14.5. The maximum Gasteiger partial charge on any atom is 0.258 e. The Hall–Kier alpha value is -4.88. The topological polar surface area (TPSA) is 99.4 Å². The van der Waals surface area contributed by atoms with Crippen molar-refractivity contribution in [2.24, 2.45) is 0 Å². The van der Waals surface area contributed by atoms with E-state index in [4.69, 9.17) is 26.8 Å². The zero-order valence-electron chi connectivity index (χ0n) is 24.0. The van der Waals surface area contributed by atoms with Gasteiger partial charge < -0.3 is 20.5 Å². The second-order valence-corrected chi connectivity index (χ2v) is 11.0. The highest BCUT2D eigenvalue weighted by atomic mass is 35.5. The Morgan fingerprint density at radius 2 is 1.37 bits per heavy atom. The standard InChI is InChI=1S/C21H17ClN2O2.C14H14N2O/c1-13-10-19-14(8-9-26-19)11-17(13)15-6-7-20(23-12-15)24-21(25)16-4-2-3-5-18(16)22;1-9-6-13-10(4-5-17-13)7-12(9)11-2-3-14(15)16-8-11/h2-7,10-12H,8-9H2,1H3,(H,23,24,25);2-3,6-8H,4-5H2,1H3,(H2,15,16). The number of nitrogens with two attached hydrogens (primary N) is 1. The lowest BCUT2D eigenvalue weighted by molar-refractivity contribution is 0.102. The molecule has 5 aromatic rings. The van der Waals surface area contributed by atoms with Crippen molar-refractivity contribution in [1.82, 2.24) is 9.97 Å². The number of benzene rings is 3. The second-order valence-electron chi connectivity index (χ2n) is 10.6. The van der Waals surface area contributed by atoms with Gasteiger partial charge in [-0.2, -0.15) is 0 Å². The number of halogens is 1. The molecule has 7 rings (SSSR count). The van der Waals surface area contributed by atoms with Gasteiger partial charge in [0.2, 0.25) is 0 Å². The molecule has 43 heavy (non-hydrogen) atoms. The number of rotatable bonds is 4. The number of aromatic nitrogens is 2. The predicted octanol–water partition coefficient (Wildman–Crippen LogP) is 7.47. The third-order valence-corrected chi connectivity index (χ3v) is 7.93. The number of nitrogens with zero attached hydrogens (tertiary/aromatic N) is 2. The lowest BCUT2D eigenvalue weighted by Crippen LogP contribution is -2.13. The lowest BCUT2D eigenvalue weighted by Gasteiger charge is -2.10. The average Bonchev–Trinajstić information content (AvgIpc) is 3.66. The zero-order valence-corrected chi connectivity index (χ0v) is 24.7. The largest absolute Gasteiger partial charge is 0.493 e. The smallest absolute Gasteiger partial charge is 0.258 e. The molecule has 0 fully saturated rings. The predicted molar refractivity (Wildman–Crippen MR) is 171 cm³/mol. The highest BCUT2D eigenvalue weighted by Gasteiger charge is 2.17. The van der Waals surface area contributed by atoms with E-state index in [1.165, 1.54) is 22.3 Å². The van der Waals surface area contributed by atoms with Crippen LogP contribution in [0.4, 0.5) is 11.6 Å². The summed E-state index contributed by atoms with van der Waals surface area (Å²) in [5, 5.41) is 3.19. The van der Waals surface area contributed by atoms with Crippen LogP contribution < -0.4 is 20.5 Å². The fraction of sp³-hybridized carbons (Fsp3) is 0.171. The number of carbonyl (C=O) groups excluding carboxylic acids is 1. The SMILES string of the molecule is Cc1cc2c(cc1-c1ccc(N)nc1)CCO2.Cc1cc2c(cc1-c1ccc(NC(=O)c3ccccc3Cl)nc1)CCO2. The Bertz CT molecular complexity index is 1800. The molecule has 0 aliphatic carbocycles. The Balaban J connectivity index is 0.000000167. The van der Waals surface area contributed by atoms with E-state index in [0.717, 1.165) is 59.8 Å². The number of fused-ring (bicyclic) bond motifs is 2. The van der Waals surface area contributed by atoms with Gasteiger partial charge in [0, 0.05) is 36.4 Å². The minimum Gasteiger partial charge on any atom is -0.493 e. The molecular weight excluding hydrogens is 560 g/mol. The van der Waals surface area contributed by atoms with Crippen molar-refractivity contribution < 1.29 is 14.3 Å². The first-order chi connectivity index (χ1) is 20.9. The van der Waals surface area contributed by atoms with Crippen LogP contribution >= 0.6 is 11.6 Å². The van der Waals surface area contributed by atoms with Gasteiger partial charge in [0.1, 0.15) is 23.1 Å². The fourth-order valence-electron chi connectivity index (χ4n) is 5.30. The molecule has 2 aromatic heterocycles. The van der Waals surface area contributed by atoms with Crippen molar-refractivity contribution in [3.05, 3.63) is 118 Å². The van der Waals surface area contributed by atoms with Gasteiger partial charge >= 0.3 is 0 Å². The number of amides is 1. The molecule has 0 bridgehead atoms. The fourth-order valence-corrected chi connectivity index (χ4v) is 5.52. The summed E-state index contributed by atoms with van der Waals surface area (Å²) in [6.45, 7) is 5.68. The van der Waals surface area contributed by atoms with Crippen molar-refractivity contribution in [1.29, 1.82) is 0 Å². The first kappa shape index (κ1) is 28.2. The van der Waals surface area contributed by atoms with Crippen LogP contribution in [0.15, 0.2) is 85.2 Å². The van der Waals surface area contributed by atoms with Gasteiger partial charge in [-0.15, -0.1) is 0 Å². The zero-order chi connectivity index (χ0) is 29.9. The number of hydrogen-bond acceptors (Lipinski definition) is 6. The Kier molecular flexibility index (Phi) is 7.99.